The molecule has 0 amide bonds. The van der Waals surface area contributed by atoms with Crippen LogP contribution in [-0.2, 0) is 0 Å². The Morgan fingerprint density at radius 2 is 2.33 bits per heavy atom. The van der Waals surface area contributed by atoms with E-state index in [0.717, 1.165) is 18.9 Å². The first kappa shape index (κ1) is 9.57. The molecule has 1 heterocycles. The van der Waals surface area contributed by atoms with Crippen molar-refractivity contribution in [3.05, 3.63) is 0 Å². The van der Waals surface area contributed by atoms with Crippen molar-refractivity contribution in [3.63, 3.8) is 0 Å². The molecule has 1 fully saturated rings. The van der Waals surface area contributed by atoms with Crippen molar-refractivity contribution in [2.75, 3.05) is 26.2 Å². The Morgan fingerprint density at radius 1 is 1.50 bits per heavy atom. The van der Waals surface area contributed by atoms with Gasteiger partial charge in [-0.25, -0.2) is 0 Å². The lowest BCUT2D eigenvalue weighted by Crippen LogP contribution is -2.19. The molecule has 1 aliphatic heterocycles. The van der Waals surface area contributed by atoms with Gasteiger partial charge in [0.25, 0.3) is 0 Å². The van der Waals surface area contributed by atoms with Gasteiger partial charge in [0.1, 0.15) is 6.61 Å². The zero-order valence-electron chi connectivity index (χ0n) is 7.71. The fourth-order valence-corrected chi connectivity index (χ4v) is 1.64. The van der Waals surface area contributed by atoms with Gasteiger partial charge in [-0.15, -0.1) is 5.92 Å². The summed E-state index contributed by atoms with van der Waals surface area (Å²) in [6.45, 7) is 5.77. The number of rotatable bonds is 2. The topological polar surface area (TPSA) is 23.5 Å². The average Bonchev–Trinajstić information content (AvgIpc) is 2.53. The number of hydrogen-bond donors (Lipinski definition) is 1. The molecule has 0 aliphatic carbocycles. The summed E-state index contributed by atoms with van der Waals surface area (Å²) >= 11 is 0. The maximum absolute atomic E-state index is 8.45. The molecular formula is C10H17NO. The standard InChI is InChI=1S/C10H17NO/c1-2-11-7-6-10(9-11)5-3-4-8-12/h10,12H,2,5-9H2,1H3. The highest BCUT2D eigenvalue weighted by atomic mass is 16.2. The van der Waals surface area contributed by atoms with Crippen LogP contribution in [0.3, 0.4) is 0 Å². The quantitative estimate of drug-likeness (QED) is 0.612. The Bertz CT molecular complexity index is 180. The average molecular weight is 167 g/mol. The van der Waals surface area contributed by atoms with E-state index in [1.54, 1.807) is 0 Å². The summed E-state index contributed by atoms with van der Waals surface area (Å²) in [7, 11) is 0. The summed E-state index contributed by atoms with van der Waals surface area (Å²) in [5, 5.41) is 8.45. The minimum atomic E-state index is 0.00418. The van der Waals surface area contributed by atoms with E-state index in [2.05, 4.69) is 23.7 Å². The summed E-state index contributed by atoms with van der Waals surface area (Å²) < 4.78 is 0. The van der Waals surface area contributed by atoms with Gasteiger partial charge in [-0.05, 0) is 25.4 Å². The van der Waals surface area contributed by atoms with Crippen molar-refractivity contribution < 1.29 is 5.11 Å². The van der Waals surface area contributed by atoms with Gasteiger partial charge in [-0.1, -0.05) is 12.8 Å². The maximum Gasteiger partial charge on any atom is 0.104 e. The molecule has 12 heavy (non-hydrogen) atoms. The van der Waals surface area contributed by atoms with Gasteiger partial charge in [0.15, 0.2) is 0 Å². The second-order valence-electron chi connectivity index (χ2n) is 3.26. The van der Waals surface area contributed by atoms with Gasteiger partial charge in [0, 0.05) is 13.0 Å². The van der Waals surface area contributed by atoms with Crippen molar-refractivity contribution >= 4 is 0 Å². The SMILES string of the molecule is CCN1CCC(CC#CCO)C1. The van der Waals surface area contributed by atoms with Crippen LogP contribution in [0.1, 0.15) is 19.8 Å². The molecule has 0 aromatic rings. The number of likely N-dealkylation sites (tertiary alicyclic amines) is 1. The van der Waals surface area contributed by atoms with Crippen molar-refractivity contribution in [3.8, 4) is 11.8 Å². The Kier molecular flexibility index (Phi) is 4.13. The summed E-state index contributed by atoms with van der Waals surface area (Å²) in [5.41, 5.74) is 0. The van der Waals surface area contributed by atoms with Crippen molar-refractivity contribution in [2.45, 2.75) is 19.8 Å². The van der Waals surface area contributed by atoms with E-state index in [1.807, 2.05) is 0 Å². The third-order valence-corrected chi connectivity index (χ3v) is 2.41. The van der Waals surface area contributed by atoms with Gasteiger partial charge < -0.3 is 10.0 Å². The zero-order valence-corrected chi connectivity index (χ0v) is 7.71. The molecule has 0 aromatic carbocycles. The lowest BCUT2D eigenvalue weighted by atomic mass is 10.1. The summed E-state index contributed by atoms with van der Waals surface area (Å²) in [5.74, 6) is 6.43. The van der Waals surface area contributed by atoms with Gasteiger partial charge in [0.05, 0.1) is 0 Å². The van der Waals surface area contributed by atoms with Crippen molar-refractivity contribution in [1.82, 2.24) is 4.90 Å². The highest BCUT2D eigenvalue weighted by molar-refractivity contribution is 5.00. The number of nitrogens with zero attached hydrogens (tertiary/aromatic N) is 1. The first-order chi connectivity index (χ1) is 5.86. The Labute approximate surface area is 74.6 Å². The van der Waals surface area contributed by atoms with Gasteiger partial charge >= 0.3 is 0 Å². The molecule has 0 bridgehead atoms. The summed E-state index contributed by atoms with van der Waals surface area (Å²) in [4.78, 5) is 2.45. The van der Waals surface area contributed by atoms with Crippen LogP contribution in [0.15, 0.2) is 0 Å². The van der Waals surface area contributed by atoms with E-state index < -0.39 is 0 Å². The highest BCUT2D eigenvalue weighted by Gasteiger charge is 2.19. The molecule has 2 nitrogen and oxygen atoms in total. The molecule has 1 atom stereocenters. The van der Waals surface area contributed by atoms with E-state index in [-0.39, 0.29) is 6.61 Å². The minimum absolute atomic E-state index is 0.00418. The van der Waals surface area contributed by atoms with E-state index in [4.69, 9.17) is 5.11 Å². The molecule has 0 radical (unpaired) electrons. The van der Waals surface area contributed by atoms with E-state index in [1.165, 1.54) is 19.5 Å². The van der Waals surface area contributed by atoms with E-state index >= 15 is 0 Å². The predicted molar refractivity (Wildman–Crippen MR) is 49.7 cm³/mol. The molecule has 0 aromatic heterocycles. The van der Waals surface area contributed by atoms with Crippen LogP contribution >= 0.6 is 0 Å². The summed E-state index contributed by atoms with van der Waals surface area (Å²) in [6, 6.07) is 0. The Balaban J connectivity index is 2.19. The largest absolute Gasteiger partial charge is 0.384 e. The monoisotopic (exact) mass is 167 g/mol. The molecular weight excluding hydrogens is 150 g/mol. The normalized spacial score (nSPS) is 23.7. The molecule has 0 spiro atoms. The highest BCUT2D eigenvalue weighted by Crippen LogP contribution is 2.17. The third kappa shape index (κ3) is 2.84. The lowest BCUT2D eigenvalue weighted by Gasteiger charge is -2.10. The first-order valence-electron chi connectivity index (χ1n) is 4.65. The third-order valence-electron chi connectivity index (χ3n) is 2.41. The molecule has 1 N–H and O–H groups in total. The number of hydrogen-bond acceptors (Lipinski definition) is 2. The summed E-state index contributed by atoms with van der Waals surface area (Å²) in [6.07, 6.45) is 2.23. The molecule has 2 heteroatoms. The molecule has 1 aliphatic rings. The van der Waals surface area contributed by atoms with Crippen molar-refractivity contribution in [2.24, 2.45) is 5.92 Å². The Morgan fingerprint density at radius 3 is 2.92 bits per heavy atom. The van der Waals surface area contributed by atoms with E-state index in [9.17, 15) is 0 Å². The first-order valence-corrected chi connectivity index (χ1v) is 4.65. The predicted octanol–water partition coefficient (Wildman–Crippen LogP) is 0.714. The van der Waals surface area contributed by atoms with Crippen LogP contribution in [0.2, 0.25) is 0 Å². The molecule has 1 unspecified atom stereocenters. The lowest BCUT2D eigenvalue weighted by molar-refractivity contribution is 0.342. The smallest absolute Gasteiger partial charge is 0.104 e. The fraction of sp³-hybridized carbons (Fsp3) is 0.800. The van der Waals surface area contributed by atoms with Crippen LogP contribution < -0.4 is 0 Å². The van der Waals surface area contributed by atoms with Crippen molar-refractivity contribution in [1.29, 1.82) is 0 Å². The molecule has 68 valence electrons. The van der Waals surface area contributed by atoms with Crippen LogP contribution in [0.25, 0.3) is 0 Å². The maximum atomic E-state index is 8.45. The molecule has 0 saturated carbocycles. The zero-order chi connectivity index (χ0) is 8.81. The van der Waals surface area contributed by atoms with E-state index in [0.29, 0.717) is 0 Å². The minimum Gasteiger partial charge on any atom is -0.384 e. The Hall–Kier alpha value is -0.520. The number of aliphatic hydroxyl groups excluding tert-OH is 1. The van der Waals surface area contributed by atoms with Crippen LogP contribution in [-0.4, -0.2) is 36.2 Å². The van der Waals surface area contributed by atoms with Gasteiger partial charge in [-0.3, -0.25) is 0 Å². The second-order valence-corrected chi connectivity index (χ2v) is 3.26. The molecule has 1 rings (SSSR count). The van der Waals surface area contributed by atoms with Crippen LogP contribution in [0.5, 0.6) is 0 Å². The fourth-order valence-electron chi connectivity index (χ4n) is 1.64. The van der Waals surface area contributed by atoms with Crippen LogP contribution in [0, 0.1) is 17.8 Å². The van der Waals surface area contributed by atoms with Gasteiger partial charge in [0.2, 0.25) is 0 Å². The second kappa shape index (κ2) is 5.18. The number of aliphatic hydroxyl groups is 1. The molecule has 1 saturated heterocycles. The van der Waals surface area contributed by atoms with Crippen LogP contribution in [0.4, 0.5) is 0 Å². The van der Waals surface area contributed by atoms with Gasteiger partial charge in [-0.2, -0.15) is 0 Å².